The lowest BCUT2D eigenvalue weighted by Crippen LogP contribution is -2.33. The summed E-state index contributed by atoms with van der Waals surface area (Å²) in [5.74, 6) is 1.05. The highest BCUT2D eigenvalue weighted by Gasteiger charge is 2.34. The van der Waals surface area contributed by atoms with E-state index in [1.54, 1.807) is 30.3 Å². The minimum atomic E-state index is -0.402. The average Bonchev–Trinajstić information content (AvgIpc) is 3.46. The smallest absolute Gasteiger partial charge is 0.254 e. The van der Waals surface area contributed by atoms with E-state index < -0.39 is 5.82 Å². The SMILES string of the molecule is COc1cccc(Cn2ccnc2CN(C(=O)c2cccc(F)c2)C2CC2)c1. The molecule has 1 fully saturated rings. The van der Waals surface area contributed by atoms with Crippen LogP contribution in [0, 0.1) is 5.82 Å². The van der Waals surface area contributed by atoms with Gasteiger partial charge in [0, 0.05) is 30.5 Å². The molecule has 0 atom stereocenters. The fourth-order valence-corrected chi connectivity index (χ4v) is 3.30. The summed E-state index contributed by atoms with van der Waals surface area (Å²) < 4.78 is 20.9. The van der Waals surface area contributed by atoms with Crippen molar-refractivity contribution < 1.29 is 13.9 Å². The number of amides is 1. The summed E-state index contributed by atoms with van der Waals surface area (Å²) >= 11 is 0. The maximum absolute atomic E-state index is 13.6. The molecule has 5 nitrogen and oxygen atoms in total. The van der Waals surface area contributed by atoms with Gasteiger partial charge in [-0.15, -0.1) is 0 Å². The number of imidazole rings is 1. The van der Waals surface area contributed by atoms with Crippen LogP contribution in [0.25, 0.3) is 0 Å². The second-order valence-corrected chi connectivity index (χ2v) is 7.00. The van der Waals surface area contributed by atoms with Crippen molar-refractivity contribution >= 4 is 5.91 Å². The number of aromatic nitrogens is 2. The Hall–Kier alpha value is -3.15. The van der Waals surface area contributed by atoms with Gasteiger partial charge in [0.25, 0.3) is 5.91 Å². The summed E-state index contributed by atoms with van der Waals surface area (Å²) in [6, 6.07) is 13.9. The van der Waals surface area contributed by atoms with E-state index in [1.165, 1.54) is 12.1 Å². The molecule has 1 aliphatic rings. The molecule has 1 saturated carbocycles. The topological polar surface area (TPSA) is 47.4 Å². The molecule has 1 heterocycles. The van der Waals surface area contributed by atoms with Crippen LogP contribution < -0.4 is 4.74 Å². The van der Waals surface area contributed by atoms with Gasteiger partial charge < -0.3 is 14.2 Å². The molecule has 1 amide bonds. The van der Waals surface area contributed by atoms with Crippen molar-refractivity contribution in [3.8, 4) is 5.75 Å². The lowest BCUT2D eigenvalue weighted by Gasteiger charge is -2.23. The van der Waals surface area contributed by atoms with Crippen molar-refractivity contribution in [1.82, 2.24) is 14.5 Å². The van der Waals surface area contributed by atoms with Gasteiger partial charge in [0.1, 0.15) is 17.4 Å². The normalized spacial score (nSPS) is 13.4. The number of halogens is 1. The lowest BCUT2D eigenvalue weighted by atomic mass is 10.2. The molecule has 0 bridgehead atoms. The summed E-state index contributed by atoms with van der Waals surface area (Å²) in [4.78, 5) is 19.2. The van der Waals surface area contributed by atoms with E-state index in [9.17, 15) is 9.18 Å². The van der Waals surface area contributed by atoms with Crippen LogP contribution in [0.5, 0.6) is 5.75 Å². The van der Waals surface area contributed by atoms with E-state index in [4.69, 9.17) is 4.74 Å². The van der Waals surface area contributed by atoms with Crippen molar-refractivity contribution in [2.24, 2.45) is 0 Å². The van der Waals surface area contributed by atoms with E-state index in [0.29, 0.717) is 18.7 Å². The third-order valence-electron chi connectivity index (χ3n) is 4.92. The van der Waals surface area contributed by atoms with Crippen molar-refractivity contribution in [3.05, 3.63) is 83.7 Å². The first kappa shape index (κ1) is 18.2. The number of rotatable bonds is 7. The number of hydrogen-bond donors (Lipinski definition) is 0. The van der Waals surface area contributed by atoms with Crippen molar-refractivity contribution in [2.45, 2.75) is 32.0 Å². The summed E-state index contributed by atoms with van der Waals surface area (Å²) in [6.07, 6.45) is 5.59. The molecule has 3 aromatic rings. The zero-order valence-electron chi connectivity index (χ0n) is 15.7. The van der Waals surface area contributed by atoms with E-state index in [-0.39, 0.29) is 11.9 Å². The van der Waals surface area contributed by atoms with Gasteiger partial charge in [-0.25, -0.2) is 9.37 Å². The Labute approximate surface area is 163 Å². The van der Waals surface area contributed by atoms with Crippen LogP contribution >= 0.6 is 0 Å². The van der Waals surface area contributed by atoms with Crippen LogP contribution in [0.2, 0.25) is 0 Å². The Kier molecular flexibility index (Phi) is 5.10. The second-order valence-electron chi connectivity index (χ2n) is 7.00. The molecular formula is C22H22FN3O2. The summed E-state index contributed by atoms with van der Waals surface area (Å²) in [5.41, 5.74) is 1.46. The monoisotopic (exact) mass is 379 g/mol. The molecular weight excluding hydrogens is 357 g/mol. The summed E-state index contributed by atoms with van der Waals surface area (Å²) in [6.45, 7) is 1.04. The number of nitrogens with zero attached hydrogens (tertiary/aromatic N) is 3. The van der Waals surface area contributed by atoms with E-state index in [1.807, 2.05) is 35.0 Å². The van der Waals surface area contributed by atoms with Crippen LogP contribution in [0.15, 0.2) is 60.9 Å². The quantitative estimate of drug-likeness (QED) is 0.626. The molecule has 28 heavy (non-hydrogen) atoms. The highest BCUT2D eigenvalue weighted by atomic mass is 19.1. The molecule has 0 saturated heterocycles. The molecule has 0 unspecified atom stereocenters. The number of benzene rings is 2. The number of ether oxygens (including phenoxy) is 1. The Morgan fingerprint density at radius 2 is 2.07 bits per heavy atom. The molecule has 1 aliphatic carbocycles. The molecule has 1 aromatic heterocycles. The van der Waals surface area contributed by atoms with Gasteiger partial charge in [0.2, 0.25) is 0 Å². The molecule has 2 aromatic carbocycles. The molecule has 0 spiro atoms. The molecule has 0 radical (unpaired) electrons. The van der Waals surface area contributed by atoms with Gasteiger partial charge in [-0.2, -0.15) is 0 Å². The van der Waals surface area contributed by atoms with Crippen LogP contribution in [-0.2, 0) is 13.1 Å². The minimum absolute atomic E-state index is 0.155. The first-order valence-corrected chi connectivity index (χ1v) is 9.33. The molecule has 4 rings (SSSR count). The highest BCUT2D eigenvalue weighted by Crippen LogP contribution is 2.30. The fraction of sp³-hybridized carbons (Fsp3) is 0.273. The third kappa shape index (κ3) is 4.06. The van der Waals surface area contributed by atoms with Gasteiger partial charge >= 0.3 is 0 Å². The van der Waals surface area contributed by atoms with E-state index >= 15 is 0 Å². The largest absolute Gasteiger partial charge is 0.497 e. The standard InChI is InChI=1S/C22H22FN3O2/c1-28-20-7-2-4-16(12-20)14-25-11-10-24-21(25)15-26(19-8-9-19)22(27)17-5-3-6-18(23)13-17/h2-7,10-13,19H,8-9,14-15H2,1H3. The fourth-order valence-electron chi connectivity index (χ4n) is 3.30. The summed E-state index contributed by atoms with van der Waals surface area (Å²) in [7, 11) is 1.65. The number of carbonyl (C=O) groups is 1. The maximum Gasteiger partial charge on any atom is 0.254 e. The summed E-state index contributed by atoms with van der Waals surface area (Å²) in [5, 5.41) is 0. The van der Waals surface area contributed by atoms with Crippen molar-refractivity contribution in [3.63, 3.8) is 0 Å². The Bertz CT molecular complexity index is 981. The Morgan fingerprint density at radius 1 is 1.25 bits per heavy atom. The van der Waals surface area contributed by atoms with Gasteiger partial charge in [-0.3, -0.25) is 4.79 Å². The first-order chi connectivity index (χ1) is 13.6. The zero-order valence-corrected chi connectivity index (χ0v) is 15.7. The second kappa shape index (κ2) is 7.84. The van der Waals surface area contributed by atoms with Gasteiger partial charge in [-0.05, 0) is 48.7 Å². The van der Waals surface area contributed by atoms with Gasteiger partial charge in [0.15, 0.2) is 0 Å². The van der Waals surface area contributed by atoms with E-state index in [0.717, 1.165) is 30.0 Å². The zero-order chi connectivity index (χ0) is 19.5. The number of carbonyl (C=O) groups excluding carboxylic acids is 1. The third-order valence-corrected chi connectivity index (χ3v) is 4.92. The predicted octanol–water partition coefficient (Wildman–Crippen LogP) is 3.88. The number of hydrogen-bond acceptors (Lipinski definition) is 3. The first-order valence-electron chi connectivity index (χ1n) is 9.33. The van der Waals surface area contributed by atoms with Gasteiger partial charge in [-0.1, -0.05) is 18.2 Å². The van der Waals surface area contributed by atoms with Crippen LogP contribution in [0.1, 0.15) is 34.6 Å². The number of methoxy groups -OCH3 is 1. The van der Waals surface area contributed by atoms with Crippen LogP contribution in [0.3, 0.4) is 0 Å². The van der Waals surface area contributed by atoms with Crippen molar-refractivity contribution in [2.75, 3.05) is 7.11 Å². The van der Waals surface area contributed by atoms with Crippen LogP contribution in [0.4, 0.5) is 4.39 Å². The molecule has 0 aliphatic heterocycles. The van der Waals surface area contributed by atoms with Gasteiger partial charge in [0.05, 0.1) is 13.7 Å². The molecule has 6 heteroatoms. The Morgan fingerprint density at radius 3 is 2.82 bits per heavy atom. The van der Waals surface area contributed by atoms with Crippen molar-refractivity contribution in [1.29, 1.82) is 0 Å². The molecule has 0 N–H and O–H groups in total. The lowest BCUT2D eigenvalue weighted by molar-refractivity contribution is 0.0723. The Balaban J connectivity index is 1.54. The van der Waals surface area contributed by atoms with E-state index in [2.05, 4.69) is 4.98 Å². The maximum atomic E-state index is 13.6. The minimum Gasteiger partial charge on any atom is -0.497 e. The average molecular weight is 379 g/mol. The highest BCUT2D eigenvalue weighted by molar-refractivity contribution is 5.94. The predicted molar refractivity (Wildman–Crippen MR) is 104 cm³/mol. The molecule has 144 valence electrons. The van der Waals surface area contributed by atoms with Crippen LogP contribution in [-0.4, -0.2) is 33.5 Å².